The van der Waals surface area contributed by atoms with Crippen molar-refractivity contribution in [3.8, 4) is 0 Å². The summed E-state index contributed by atoms with van der Waals surface area (Å²) in [5.41, 5.74) is 5.61. The number of carboxylic acids is 1. The SMILES string of the molecule is NC1CCN(C=O)CC1.O=C(O)C(F)(F)F. The molecule has 0 saturated carbocycles. The number of aliphatic carboxylic acids is 1. The zero-order valence-corrected chi connectivity index (χ0v) is 8.41. The first kappa shape index (κ1) is 14.7. The number of likely N-dealkylation sites (tertiary alicyclic amines) is 1. The maximum atomic E-state index is 10.6. The van der Waals surface area contributed by atoms with Crippen molar-refractivity contribution in [2.45, 2.75) is 25.1 Å². The second-order valence-electron chi connectivity index (χ2n) is 3.28. The summed E-state index contributed by atoms with van der Waals surface area (Å²) < 4.78 is 31.7. The van der Waals surface area contributed by atoms with E-state index in [1.165, 1.54) is 0 Å². The second-order valence-corrected chi connectivity index (χ2v) is 3.28. The van der Waals surface area contributed by atoms with Gasteiger partial charge in [-0.1, -0.05) is 0 Å². The zero-order valence-electron chi connectivity index (χ0n) is 8.41. The van der Waals surface area contributed by atoms with Gasteiger partial charge in [0.2, 0.25) is 6.41 Å². The maximum Gasteiger partial charge on any atom is 0.490 e. The molecule has 0 radical (unpaired) electrons. The fraction of sp³-hybridized carbons (Fsp3) is 0.750. The molecule has 0 aromatic rings. The average molecular weight is 242 g/mol. The lowest BCUT2D eigenvalue weighted by Gasteiger charge is -2.26. The molecule has 94 valence electrons. The van der Waals surface area contributed by atoms with Gasteiger partial charge in [-0.2, -0.15) is 13.2 Å². The number of rotatable bonds is 1. The first-order valence-electron chi connectivity index (χ1n) is 4.52. The van der Waals surface area contributed by atoms with E-state index in [1.54, 1.807) is 4.90 Å². The number of hydrogen-bond acceptors (Lipinski definition) is 3. The van der Waals surface area contributed by atoms with Gasteiger partial charge in [0.05, 0.1) is 0 Å². The van der Waals surface area contributed by atoms with Crippen LogP contribution in [0.1, 0.15) is 12.8 Å². The van der Waals surface area contributed by atoms with Crippen molar-refractivity contribution >= 4 is 12.4 Å². The van der Waals surface area contributed by atoms with E-state index in [0.29, 0.717) is 6.04 Å². The lowest BCUT2D eigenvalue weighted by atomic mass is 10.1. The molecule has 8 heteroatoms. The number of nitrogens with two attached hydrogens (primary N) is 1. The number of alkyl halides is 3. The minimum absolute atomic E-state index is 0.321. The van der Waals surface area contributed by atoms with Gasteiger partial charge in [-0.05, 0) is 12.8 Å². The summed E-state index contributed by atoms with van der Waals surface area (Å²) in [6.07, 6.45) is -2.27. The van der Waals surface area contributed by atoms with Crippen LogP contribution in [0.25, 0.3) is 0 Å². The number of hydrogen-bond donors (Lipinski definition) is 2. The van der Waals surface area contributed by atoms with E-state index in [4.69, 9.17) is 15.6 Å². The molecule has 1 fully saturated rings. The highest BCUT2D eigenvalue weighted by Gasteiger charge is 2.38. The van der Waals surface area contributed by atoms with E-state index >= 15 is 0 Å². The number of carbonyl (C=O) groups excluding carboxylic acids is 1. The highest BCUT2D eigenvalue weighted by Crippen LogP contribution is 2.13. The Bertz CT molecular complexity index is 237. The smallest absolute Gasteiger partial charge is 0.475 e. The predicted octanol–water partition coefficient (Wildman–Crippen LogP) is 0.199. The topological polar surface area (TPSA) is 83.6 Å². The van der Waals surface area contributed by atoms with Gasteiger partial charge in [0.15, 0.2) is 0 Å². The molecule has 16 heavy (non-hydrogen) atoms. The first-order valence-corrected chi connectivity index (χ1v) is 4.52. The molecular formula is C8H13F3N2O3. The third-order valence-corrected chi connectivity index (χ3v) is 1.97. The monoisotopic (exact) mass is 242 g/mol. The van der Waals surface area contributed by atoms with Gasteiger partial charge in [0.1, 0.15) is 0 Å². The van der Waals surface area contributed by atoms with Crippen molar-refractivity contribution < 1.29 is 27.9 Å². The highest BCUT2D eigenvalue weighted by molar-refractivity contribution is 5.73. The Morgan fingerprint density at radius 3 is 2.00 bits per heavy atom. The Morgan fingerprint density at radius 2 is 1.75 bits per heavy atom. The fourth-order valence-electron chi connectivity index (χ4n) is 1.02. The number of amides is 1. The van der Waals surface area contributed by atoms with Crippen LogP contribution in [-0.4, -0.2) is 47.7 Å². The quantitative estimate of drug-likeness (QED) is 0.643. The van der Waals surface area contributed by atoms with E-state index < -0.39 is 12.1 Å². The van der Waals surface area contributed by atoms with Crippen LogP contribution in [0.2, 0.25) is 0 Å². The van der Waals surface area contributed by atoms with E-state index in [0.717, 1.165) is 32.3 Å². The summed E-state index contributed by atoms with van der Waals surface area (Å²) in [5.74, 6) is -2.76. The van der Waals surface area contributed by atoms with Crippen molar-refractivity contribution in [1.29, 1.82) is 0 Å². The van der Waals surface area contributed by atoms with Gasteiger partial charge in [0.25, 0.3) is 0 Å². The molecule has 1 amide bonds. The van der Waals surface area contributed by atoms with Crippen LogP contribution in [-0.2, 0) is 9.59 Å². The van der Waals surface area contributed by atoms with Gasteiger partial charge >= 0.3 is 12.1 Å². The van der Waals surface area contributed by atoms with Gasteiger partial charge in [0, 0.05) is 19.1 Å². The van der Waals surface area contributed by atoms with Gasteiger partial charge in [-0.3, -0.25) is 4.79 Å². The molecule has 0 spiro atoms. The van der Waals surface area contributed by atoms with Crippen LogP contribution >= 0.6 is 0 Å². The number of carbonyl (C=O) groups is 2. The van der Waals surface area contributed by atoms with Crippen LogP contribution in [0.3, 0.4) is 0 Å². The average Bonchev–Trinajstić information content (AvgIpc) is 2.18. The molecule has 0 aromatic heterocycles. The zero-order chi connectivity index (χ0) is 12.8. The normalized spacial score (nSPS) is 17.4. The summed E-state index contributed by atoms with van der Waals surface area (Å²) in [6.45, 7) is 1.68. The summed E-state index contributed by atoms with van der Waals surface area (Å²) in [6, 6.07) is 0.321. The van der Waals surface area contributed by atoms with Crippen molar-refractivity contribution in [2.75, 3.05) is 13.1 Å². The van der Waals surface area contributed by atoms with Crippen molar-refractivity contribution in [3.05, 3.63) is 0 Å². The minimum atomic E-state index is -5.08. The molecule has 1 rings (SSSR count). The van der Waals surface area contributed by atoms with Gasteiger partial charge in [-0.25, -0.2) is 4.79 Å². The Balaban J connectivity index is 0.000000293. The molecule has 3 N–H and O–H groups in total. The number of carboxylic acid groups (broad SMARTS) is 1. The second kappa shape index (κ2) is 6.31. The van der Waals surface area contributed by atoms with Crippen LogP contribution in [0.5, 0.6) is 0 Å². The van der Waals surface area contributed by atoms with E-state index in [1.807, 2.05) is 0 Å². The third-order valence-electron chi connectivity index (χ3n) is 1.97. The molecule has 1 saturated heterocycles. The van der Waals surface area contributed by atoms with Gasteiger partial charge < -0.3 is 15.7 Å². The Labute approximate surface area is 90.0 Å². The summed E-state index contributed by atoms with van der Waals surface area (Å²) in [7, 11) is 0. The van der Waals surface area contributed by atoms with Crippen LogP contribution < -0.4 is 5.73 Å². The van der Waals surface area contributed by atoms with E-state index in [9.17, 15) is 18.0 Å². The first-order chi connectivity index (χ1) is 7.27. The fourth-order valence-corrected chi connectivity index (χ4v) is 1.02. The standard InChI is InChI=1S/C6H12N2O.C2HF3O2/c7-6-1-3-8(5-9)4-2-6;3-2(4,5)1(6)7/h5-6H,1-4,7H2;(H,6,7). The third kappa shape index (κ3) is 6.23. The molecule has 0 aromatic carbocycles. The van der Waals surface area contributed by atoms with Crippen molar-refractivity contribution in [2.24, 2.45) is 5.73 Å². The Kier molecular flexibility index (Phi) is 5.79. The maximum absolute atomic E-state index is 10.6. The Morgan fingerprint density at radius 1 is 1.38 bits per heavy atom. The summed E-state index contributed by atoms with van der Waals surface area (Å²) >= 11 is 0. The highest BCUT2D eigenvalue weighted by atomic mass is 19.4. The number of halogens is 3. The van der Waals surface area contributed by atoms with Crippen molar-refractivity contribution in [3.63, 3.8) is 0 Å². The summed E-state index contributed by atoms with van der Waals surface area (Å²) in [4.78, 5) is 20.8. The molecule has 0 aliphatic carbocycles. The molecule has 1 aliphatic heterocycles. The van der Waals surface area contributed by atoms with E-state index in [-0.39, 0.29) is 0 Å². The number of piperidine rings is 1. The van der Waals surface area contributed by atoms with Crippen molar-refractivity contribution in [1.82, 2.24) is 4.90 Å². The molecule has 0 bridgehead atoms. The molecule has 0 atom stereocenters. The van der Waals surface area contributed by atoms with Crippen LogP contribution in [0.15, 0.2) is 0 Å². The minimum Gasteiger partial charge on any atom is -0.475 e. The largest absolute Gasteiger partial charge is 0.490 e. The van der Waals surface area contributed by atoms with Crippen LogP contribution in [0.4, 0.5) is 13.2 Å². The Hall–Kier alpha value is -1.31. The molecule has 5 nitrogen and oxygen atoms in total. The lowest BCUT2D eigenvalue weighted by Crippen LogP contribution is -2.38. The molecular weight excluding hydrogens is 229 g/mol. The molecule has 1 heterocycles. The van der Waals surface area contributed by atoms with E-state index in [2.05, 4.69) is 0 Å². The molecule has 1 aliphatic rings. The molecule has 0 unspecified atom stereocenters. The number of nitrogens with zero attached hydrogens (tertiary/aromatic N) is 1. The summed E-state index contributed by atoms with van der Waals surface area (Å²) in [5, 5.41) is 7.12. The van der Waals surface area contributed by atoms with Gasteiger partial charge in [-0.15, -0.1) is 0 Å². The lowest BCUT2D eigenvalue weighted by molar-refractivity contribution is -0.192. The van der Waals surface area contributed by atoms with Crippen LogP contribution in [0, 0.1) is 0 Å². The predicted molar refractivity (Wildman–Crippen MR) is 48.5 cm³/mol.